The van der Waals surface area contributed by atoms with Gasteiger partial charge in [-0.1, -0.05) is 0 Å². The van der Waals surface area contributed by atoms with E-state index in [1.807, 2.05) is 0 Å². The first kappa shape index (κ1) is 9.06. The number of Topliss-reactive ketones (excluding diaryl/α,β-unsaturated/α-hetero) is 1. The van der Waals surface area contributed by atoms with Crippen LogP contribution < -0.4 is 0 Å². The van der Waals surface area contributed by atoms with Gasteiger partial charge in [0.05, 0.1) is 14.2 Å². The maximum Gasteiger partial charge on any atom is 0.376 e. The summed E-state index contributed by atoms with van der Waals surface area (Å²) in [7, 11) is 2.36. The molecule has 0 aliphatic heterocycles. The molecule has 0 aliphatic carbocycles. The van der Waals surface area contributed by atoms with Gasteiger partial charge >= 0.3 is 5.97 Å². The van der Waals surface area contributed by atoms with Crippen molar-refractivity contribution in [2.45, 2.75) is 0 Å². The van der Waals surface area contributed by atoms with Gasteiger partial charge in [0.15, 0.2) is 6.61 Å². The van der Waals surface area contributed by atoms with Gasteiger partial charge in [-0.25, -0.2) is 14.6 Å². The largest absolute Gasteiger partial charge is 0.463 e. The third-order valence-electron chi connectivity index (χ3n) is 0.721. The number of hydrogen-bond donors (Lipinski definition) is 0. The summed E-state index contributed by atoms with van der Waals surface area (Å²) in [5.74, 6) is -1.71. The molecule has 5 heteroatoms. The van der Waals surface area contributed by atoms with Crippen molar-refractivity contribution >= 4 is 11.8 Å². The SMILES string of the molecule is COOCC(=O)C(=O)OC. The van der Waals surface area contributed by atoms with E-state index in [0.29, 0.717) is 0 Å². The van der Waals surface area contributed by atoms with Gasteiger partial charge in [-0.05, 0) is 0 Å². The van der Waals surface area contributed by atoms with Crippen LogP contribution in [0.3, 0.4) is 0 Å². The second-order valence-corrected chi connectivity index (χ2v) is 1.34. The first-order valence-corrected chi connectivity index (χ1v) is 2.49. The molecule has 0 saturated carbocycles. The van der Waals surface area contributed by atoms with Crippen LogP contribution in [0, 0.1) is 0 Å². The summed E-state index contributed by atoms with van der Waals surface area (Å²) in [4.78, 5) is 29.0. The number of ketones is 1. The molecule has 10 heavy (non-hydrogen) atoms. The zero-order valence-electron chi connectivity index (χ0n) is 5.75. The molecule has 0 bridgehead atoms. The van der Waals surface area contributed by atoms with Crippen molar-refractivity contribution in [3.8, 4) is 0 Å². The van der Waals surface area contributed by atoms with Gasteiger partial charge < -0.3 is 4.74 Å². The molecule has 0 radical (unpaired) electrons. The van der Waals surface area contributed by atoms with E-state index >= 15 is 0 Å². The molecule has 0 N–H and O–H groups in total. The molecular formula is C5H8O5. The lowest BCUT2D eigenvalue weighted by atomic mass is 10.4. The van der Waals surface area contributed by atoms with E-state index in [1.165, 1.54) is 7.11 Å². The van der Waals surface area contributed by atoms with E-state index in [4.69, 9.17) is 0 Å². The van der Waals surface area contributed by atoms with Gasteiger partial charge in [0, 0.05) is 0 Å². The van der Waals surface area contributed by atoms with Crippen molar-refractivity contribution in [2.24, 2.45) is 0 Å². The maximum atomic E-state index is 10.5. The van der Waals surface area contributed by atoms with Crippen LogP contribution in [-0.2, 0) is 24.1 Å². The molecule has 58 valence electrons. The summed E-state index contributed by atoms with van der Waals surface area (Å²) in [6.45, 7) is -0.414. The van der Waals surface area contributed by atoms with Crippen molar-refractivity contribution in [3.05, 3.63) is 0 Å². The first-order chi connectivity index (χ1) is 4.72. The topological polar surface area (TPSA) is 61.8 Å². The molecule has 0 atom stereocenters. The standard InChI is InChI=1S/C5H8O5/c1-8-5(7)4(6)3-10-9-2/h3H2,1-2H3. The monoisotopic (exact) mass is 148 g/mol. The summed E-state index contributed by atoms with van der Waals surface area (Å²) >= 11 is 0. The van der Waals surface area contributed by atoms with Gasteiger partial charge in [-0.2, -0.15) is 0 Å². The summed E-state index contributed by atoms with van der Waals surface area (Å²) in [5.41, 5.74) is 0. The summed E-state index contributed by atoms with van der Waals surface area (Å²) < 4.78 is 4.09. The highest BCUT2D eigenvalue weighted by molar-refractivity contribution is 6.34. The van der Waals surface area contributed by atoms with Crippen LogP contribution in [0.1, 0.15) is 0 Å². The van der Waals surface area contributed by atoms with E-state index in [0.717, 1.165) is 7.11 Å². The van der Waals surface area contributed by atoms with Gasteiger partial charge in [-0.15, -0.1) is 0 Å². The zero-order valence-corrected chi connectivity index (χ0v) is 5.75. The zero-order chi connectivity index (χ0) is 7.98. The van der Waals surface area contributed by atoms with E-state index in [9.17, 15) is 9.59 Å². The van der Waals surface area contributed by atoms with E-state index in [2.05, 4.69) is 14.5 Å². The normalized spacial score (nSPS) is 9.00. The fourth-order valence-corrected chi connectivity index (χ4v) is 0.285. The summed E-state index contributed by atoms with van der Waals surface area (Å²) in [5, 5.41) is 0. The Kier molecular flexibility index (Phi) is 4.43. The molecule has 5 nitrogen and oxygen atoms in total. The molecule has 0 aromatic rings. The maximum absolute atomic E-state index is 10.5. The number of methoxy groups -OCH3 is 1. The van der Waals surface area contributed by atoms with Crippen LogP contribution in [0.2, 0.25) is 0 Å². The first-order valence-electron chi connectivity index (χ1n) is 2.49. The molecule has 0 amide bonds. The minimum absolute atomic E-state index is 0.414. The van der Waals surface area contributed by atoms with E-state index < -0.39 is 18.4 Å². The average Bonchev–Trinajstić information content (AvgIpc) is 1.98. The molecule has 0 aromatic heterocycles. The Balaban J connectivity index is 3.52. The second-order valence-electron chi connectivity index (χ2n) is 1.34. The Morgan fingerprint density at radius 1 is 1.30 bits per heavy atom. The van der Waals surface area contributed by atoms with Gasteiger partial charge in [0.2, 0.25) is 0 Å². The highest BCUT2D eigenvalue weighted by Crippen LogP contribution is 1.80. The number of esters is 1. The lowest BCUT2D eigenvalue weighted by Gasteiger charge is -1.96. The Hall–Kier alpha value is -0.940. The van der Waals surface area contributed by atoms with Gasteiger partial charge in [0.1, 0.15) is 0 Å². The van der Waals surface area contributed by atoms with Crippen LogP contribution >= 0.6 is 0 Å². The Morgan fingerprint density at radius 3 is 2.30 bits per heavy atom. The van der Waals surface area contributed by atoms with E-state index in [-0.39, 0.29) is 0 Å². The lowest BCUT2D eigenvalue weighted by Crippen LogP contribution is -2.20. The van der Waals surface area contributed by atoms with Crippen molar-refractivity contribution < 1.29 is 24.1 Å². The Morgan fingerprint density at radius 2 is 1.90 bits per heavy atom. The predicted octanol–water partition coefficient (Wildman–Crippen LogP) is -0.694. The number of carbonyl (C=O) groups is 2. The van der Waals surface area contributed by atoms with Gasteiger partial charge in [0.25, 0.3) is 5.78 Å². The number of rotatable bonds is 4. The summed E-state index contributed by atoms with van der Waals surface area (Å²) in [6.07, 6.45) is 0. The van der Waals surface area contributed by atoms with Crippen LogP contribution in [-0.4, -0.2) is 32.6 Å². The second kappa shape index (κ2) is 4.89. The van der Waals surface area contributed by atoms with Crippen molar-refractivity contribution in [2.75, 3.05) is 20.8 Å². The van der Waals surface area contributed by atoms with Crippen LogP contribution in [0.25, 0.3) is 0 Å². The van der Waals surface area contributed by atoms with Crippen molar-refractivity contribution in [1.29, 1.82) is 0 Å². The van der Waals surface area contributed by atoms with Crippen molar-refractivity contribution in [1.82, 2.24) is 0 Å². The smallest absolute Gasteiger partial charge is 0.376 e. The quantitative estimate of drug-likeness (QED) is 0.228. The third kappa shape index (κ3) is 3.16. The van der Waals surface area contributed by atoms with E-state index in [1.54, 1.807) is 0 Å². The number of ether oxygens (including phenoxy) is 1. The Labute approximate surface area is 57.8 Å². The minimum atomic E-state index is -0.933. The molecule has 0 spiro atoms. The van der Waals surface area contributed by atoms with Gasteiger partial charge in [-0.3, -0.25) is 4.79 Å². The minimum Gasteiger partial charge on any atom is -0.463 e. The highest BCUT2D eigenvalue weighted by atomic mass is 17.2. The fraction of sp³-hybridized carbons (Fsp3) is 0.600. The summed E-state index contributed by atoms with van der Waals surface area (Å²) in [6, 6.07) is 0. The average molecular weight is 148 g/mol. The highest BCUT2D eigenvalue weighted by Gasteiger charge is 2.13. The molecule has 0 fully saturated rings. The van der Waals surface area contributed by atoms with Crippen LogP contribution in [0.4, 0.5) is 0 Å². The molecule has 0 heterocycles. The molecular weight excluding hydrogens is 140 g/mol. The third-order valence-corrected chi connectivity index (χ3v) is 0.721. The van der Waals surface area contributed by atoms with Crippen LogP contribution in [0.5, 0.6) is 0 Å². The Bertz CT molecular complexity index is 130. The van der Waals surface area contributed by atoms with Crippen molar-refractivity contribution in [3.63, 3.8) is 0 Å². The number of hydrogen-bond acceptors (Lipinski definition) is 5. The predicted molar refractivity (Wildman–Crippen MR) is 30.0 cm³/mol. The molecule has 0 aliphatic rings. The molecule has 0 saturated heterocycles. The molecule has 0 unspecified atom stereocenters. The van der Waals surface area contributed by atoms with Crippen LogP contribution in [0.15, 0.2) is 0 Å². The molecule has 0 aromatic carbocycles. The number of carbonyl (C=O) groups excluding carboxylic acids is 2. The lowest BCUT2D eigenvalue weighted by molar-refractivity contribution is -0.266. The molecule has 0 rings (SSSR count). The fourth-order valence-electron chi connectivity index (χ4n) is 0.285.